The lowest BCUT2D eigenvalue weighted by Gasteiger charge is -2.29. The molecular formula is C31H39NO8S2. The van der Waals surface area contributed by atoms with Crippen molar-refractivity contribution in [3.05, 3.63) is 89.2 Å². The first kappa shape index (κ1) is 33.3. The van der Waals surface area contributed by atoms with Crippen LogP contribution in [0.15, 0.2) is 82.3 Å². The lowest BCUT2D eigenvalue weighted by atomic mass is 9.76. The van der Waals surface area contributed by atoms with Crippen molar-refractivity contribution >= 4 is 31.9 Å². The highest BCUT2D eigenvalue weighted by Crippen LogP contribution is 2.48. The van der Waals surface area contributed by atoms with Gasteiger partial charge in [0.1, 0.15) is 0 Å². The molecule has 0 atom stereocenters. The van der Waals surface area contributed by atoms with Gasteiger partial charge in [0.05, 0.1) is 9.79 Å². The number of benzene rings is 2. The number of carbonyl (C=O) groups is 1. The first-order valence-corrected chi connectivity index (χ1v) is 16.4. The average molecular weight is 618 g/mol. The third kappa shape index (κ3) is 7.20. The van der Waals surface area contributed by atoms with Crippen LogP contribution in [0.1, 0.15) is 70.1 Å². The van der Waals surface area contributed by atoms with Crippen molar-refractivity contribution in [3.63, 3.8) is 0 Å². The summed E-state index contributed by atoms with van der Waals surface area (Å²) >= 11 is 0. The molecule has 42 heavy (non-hydrogen) atoms. The van der Waals surface area contributed by atoms with E-state index in [4.69, 9.17) is 5.11 Å². The molecule has 2 aromatic carbocycles. The largest absolute Gasteiger partial charge is 0.481 e. The minimum absolute atomic E-state index is 0.0930. The van der Waals surface area contributed by atoms with Gasteiger partial charge < -0.3 is 10.0 Å². The van der Waals surface area contributed by atoms with Gasteiger partial charge in [0.2, 0.25) is 0 Å². The molecule has 0 saturated carbocycles. The maximum atomic E-state index is 11.9. The van der Waals surface area contributed by atoms with Crippen LogP contribution in [0.25, 0.3) is 0 Å². The number of anilines is 1. The molecule has 3 rings (SSSR count). The number of unbranched alkanes of at least 4 members (excludes halogenated alkanes) is 2. The van der Waals surface area contributed by atoms with E-state index in [0.29, 0.717) is 36.9 Å². The standard InChI is InChI=1S/C31H39NO8S2/c1-21-14-15-23(41(35,36)37)19-25(21)30(3,4)22(2)11-10-12-28-31(5,6)26-20-24(42(38,39)40)16-17-27(26)32(28)18-9-7-8-13-29(33)34/h10-12,14-17,19-20H,2,7-9,13,18H2,1,3-6H3,(H,33,34)(H,35,36,37)(H,38,39,40)/b11-10+,28-12+. The van der Waals surface area contributed by atoms with Crippen molar-refractivity contribution < 1.29 is 35.8 Å². The van der Waals surface area contributed by atoms with Gasteiger partial charge in [-0.3, -0.25) is 13.9 Å². The molecule has 1 aliphatic heterocycles. The molecule has 0 saturated heterocycles. The molecule has 1 heterocycles. The van der Waals surface area contributed by atoms with Gasteiger partial charge in [-0.05, 0) is 78.4 Å². The maximum absolute atomic E-state index is 11.9. The predicted octanol–water partition coefficient (Wildman–Crippen LogP) is 6.21. The number of nitrogens with zero attached hydrogens (tertiary/aromatic N) is 1. The van der Waals surface area contributed by atoms with Crippen molar-refractivity contribution in [2.75, 3.05) is 11.4 Å². The van der Waals surface area contributed by atoms with Crippen LogP contribution in [-0.4, -0.2) is 43.6 Å². The number of hydrogen-bond acceptors (Lipinski definition) is 6. The molecular weight excluding hydrogens is 578 g/mol. The number of rotatable bonds is 12. The molecule has 0 amide bonds. The summed E-state index contributed by atoms with van der Waals surface area (Å²) in [5, 5.41) is 8.95. The molecule has 0 spiro atoms. The van der Waals surface area contributed by atoms with Gasteiger partial charge in [-0.25, -0.2) is 0 Å². The molecule has 0 aliphatic carbocycles. The van der Waals surface area contributed by atoms with Crippen molar-refractivity contribution in [2.45, 2.75) is 80.9 Å². The molecule has 9 nitrogen and oxygen atoms in total. The summed E-state index contributed by atoms with van der Waals surface area (Å²) < 4.78 is 66.4. The SMILES string of the molecule is C=C(/C=C/C=C1/N(CCCCCC(=O)O)c2ccc(S(=O)(=O)O)cc2C1(C)C)C(C)(C)c1cc(S(=O)(=O)O)ccc1C. The Hall–Kier alpha value is -3.25. The number of carboxylic acid groups (broad SMARTS) is 1. The van der Waals surface area contributed by atoms with Crippen LogP contribution in [-0.2, 0) is 35.9 Å². The quantitative estimate of drug-likeness (QED) is 0.144. The second kappa shape index (κ2) is 12.2. The molecule has 1 aliphatic rings. The molecule has 0 radical (unpaired) electrons. The second-order valence-electron chi connectivity index (χ2n) is 11.6. The van der Waals surface area contributed by atoms with Crippen LogP contribution in [0.5, 0.6) is 0 Å². The van der Waals surface area contributed by atoms with Gasteiger partial charge in [-0.2, -0.15) is 16.8 Å². The number of aliphatic carboxylic acids is 1. The third-order valence-electron chi connectivity index (χ3n) is 7.97. The van der Waals surface area contributed by atoms with E-state index in [0.717, 1.165) is 22.5 Å². The van der Waals surface area contributed by atoms with E-state index in [1.807, 2.05) is 52.8 Å². The smallest absolute Gasteiger partial charge is 0.303 e. The van der Waals surface area contributed by atoms with E-state index in [9.17, 15) is 30.7 Å². The molecule has 0 aromatic heterocycles. The highest BCUT2D eigenvalue weighted by atomic mass is 32.2. The summed E-state index contributed by atoms with van der Waals surface area (Å²) in [5.74, 6) is -0.839. The molecule has 0 unspecified atom stereocenters. The van der Waals surface area contributed by atoms with Crippen molar-refractivity contribution in [1.29, 1.82) is 0 Å². The summed E-state index contributed by atoms with van der Waals surface area (Å²) in [5.41, 5.74) is 3.36. The van der Waals surface area contributed by atoms with Gasteiger partial charge in [-0.15, -0.1) is 0 Å². The minimum Gasteiger partial charge on any atom is -0.481 e. The van der Waals surface area contributed by atoms with Gasteiger partial charge >= 0.3 is 5.97 Å². The van der Waals surface area contributed by atoms with Crippen LogP contribution in [0.3, 0.4) is 0 Å². The number of fused-ring (bicyclic) bond motifs is 1. The number of hydrogen-bond donors (Lipinski definition) is 3. The predicted molar refractivity (Wildman–Crippen MR) is 163 cm³/mol. The van der Waals surface area contributed by atoms with Gasteiger partial charge in [0.15, 0.2) is 0 Å². The Bertz CT molecular complexity index is 1670. The fourth-order valence-electron chi connectivity index (χ4n) is 5.35. The van der Waals surface area contributed by atoms with Crippen molar-refractivity contribution in [1.82, 2.24) is 0 Å². The summed E-state index contributed by atoms with van der Waals surface area (Å²) in [7, 11) is -8.78. The first-order chi connectivity index (χ1) is 19.3. The van der Waals surface area contributed by atoms with Gasteiger partial charge in [0.25, 0.3) is 20.2 Å². The zero-order chi connectivity index (χ0) is 31.7. The highest BCUT2D eigenvalue weighted by Gasteiger charge is 2.40. The maximum Gasteiger partial charge on any atom is 0.303 e. The lowest BCUT2D eigenvalue weighted by Crippen LogP contribution is -2.27. The van der Waals surface area contributed by atoms with E-state index in [2.05, 4.69) is 11.5 Å². The fraction of sp³-hybridized carbons (Fsp3) is 0.387. The Morgan fingerprint density at radius 1 is 0.976 bits per heavy atom. The highest BCUT2D eigenvalue weighted by molar-refractivity contribution is 7.86. The fourth-order valence-corrected chi connectivity index (χ4v) is 6.36. The Balaban J connectivity index is 1.97. The van der Waals surface area contributed by atoms with E-state index in [-0.39, 0.29) is 16.2 Å². The number of allylic oxidation sites excluding steroid dienone is 5. The molecule has 3 N–H and O–H groups in total. The number of aryl methyl sites for hydroxylation is 1. The topological polar surface area (TPSA) is 149 Å². The summed E-state index contributed by atoms with van der Waals surface area (Å²) in [6.07, 6.45) is 7.66. The van der Waals surface area contributed by atoms with Crippen LogP contribution < -0.4 is 4.90 Å². The monoisotopic (exact) mass is 617 g/mol. The Morgan fingerprint density at radius 2 is 1.57 bits per heavy atom. The number of carboxylic acids is 1. The molecule has 0 bridgehead atoms. The van der Waals surface area contributed by atoms with Crippen LogP contribution in [0.4, 0.5) is 5.69 Å². The Morgan fingerprint density at radius 3 is 2.17 bits per heavy atom. The van der Waals surface area contributed by atoms with Crippen LogP contribution in [0, 0.1) is 6.92 Å². The zero-order valence-electron chi connectivity index (χ0n) is 24.6. The molecule has 0 fully saturated rings. The summed E-state index contributed by atoms with van der Waals surface area (Å²) in [4.78, 5) is 12.6. The van der Waals surface area contributed by atoms with Gasteiger partial charge in [-0.1, -0.05) is 58.9 Å². The van der Waals surface area contributed by atoms with Gasteiger partial charge in [0, 0.05) is 35.2 Å². The van der Waals surface area contributed by atoms with E-state index in [1.54, 1.807) is 12.1 Å². The summed E-state index contributed by atoms with van der Waals surface area (Å²) in [6, 6.07) is 8.99. The van der Waals surface area contributed by atoms with Crippen molar-refractivity contribution in [2.24, 2.45) is 0 Å². The lowest BCUT2D eigenvalue weighted by molar-refractivity contribution is -0.137. The van der Waals surface area contributed by atoms with E-state index >= 15 is 0 Å². The third-order valence-corrected chi connectivity index (χ3v) is 9.67. The molecule has 11 heteroatoms. The van der Waals surface area contributed by atoms with Crippen LogP contribution >= 0.6 is 0 Å². The minimum atomic E-state index is -4.40. The van der Waals surface area contributed by atoms with E-state index < -0.39 is 37.0 Å². The Kier molecular flexibility index (Phi) is 9.63. The molecule has 228 valence electrons. The zero-order valence-corrected chi connectivity index (χ0v) is 26.2. The normalized spacial score (nSPS) is 16.3. The van der Waals surface area contributed by atoms with Crippen LogP contribution in [0.2, 0.25) is 0 Å². The Labute approximate surface area is 248 Å². The average Bonchev–Trinajstić information content (AvgIpc) is 3.08. The summed E-state index contributed by atoms with van der Waals surface area (Å²) in [6.45, 7) is 14.4. The first-order valence-electron chi connectivity index (χ1n) is 13.6. The van der Waals surface area contributed by atoms with E-state index in [1.165, 1.54) is 24.3 Å². The molecule has 2 aromatic rings. The second-order valence-corrected chi connectivity index (χ2v) is 14.5. The van der Waals surface area contributed by atoms with Crippen molar-refractivity contribution in [3.8, 4) is 0 Å².